The lowest BCUT2D eigenvalue weighted by Gasteiger charge is -2.32. The van der Waals surface area contributed by atoms with Crippen molar-refractivity contribution in [1.82, 2.24) is 5.32 Å². The Morgan fingerprint density at radius 2 is 2.05 bits per heavy atom. The smallest absolute Gasteiger partial charge is 0.230 e. The number of amides is 1. The summed E-state index contributed by atoms with van der Waals surface area (Å²) in [7, 11) is 0. The number of thioether (sulfide) groups is 1. The first-order valence-electron chi connectivity index (χ1n) is 6.90. The number of piperidine rings is 1. The highest BCUT2D eigenvalue weighted by Crippen LogP contribution is 2.32. The van der Waals surface area contributed by atoms with Gasteiger partial charge in [0.2, 0.25) is 5.91 Å². The molecule has 0 unspecified atom stereocenters. The molecule has 0 bridgehead atoms. The second-order valence-corrected chi connectivity index (χ2v) is 6.50. The number of carbonyl (C=O) groups is 1. The van der Waals surface area contributed by atoms with Crippen molar-refractivity contribution in [2.45, 2.75) is 31.6 Å². The molecule has 2 rings (SSSR count). The Hall–Kier alpha value is -1.00. The SMILES string of the molecule is CCSc1ccccc1NC(=O)C1(C)CCNCC1. The highest BCUT2D eigenvalue weighted by molar-refractivity contribution is 7.99. The van der Waals surface area contributed by atoms with Gasteiger partial charge in [0.05, 0.1) is 5.69 Å². The molecule has 0 spiro atoms. The lowest BCUT2D eigenvalue weighted by molar-refractivity contribution is -0.126. The van der Waals surface area contributed by atoms with E-state index < -0.39 is 0 Å². The molecule has 1 aromatic rings. The Bertz CT molecular complexity index is 442. The molecule has 0 aromatic heterocycles. The molecule has 19 heavy (non-hydrogen) atoms. The number of hydrogen-bond donors (Lipinski definition) is 2. The van der Waals surface area contributed by atoms with Gasteiger partial charge in [-0.25, -0.2) is 0 Å². The number of hydrogen-bond acceptors (Lipinski definition) is 3. The summed E-state index contributed by atoms with van der Waals surface area (Å²) in [6, 6.07) is 8.04. The fourth-order valence-corrected chi connectivity index (χ4v) is 3.09. The predicted molar refractivity (Wildman–Crippen MR) is 81.7 cm³/mol. The average molecular weight is 278 g/mol. The lowest BCUT2D eigenvalue weighted by Crippen LogP contribution is -2.42. The molecule has 0 atom stereocenters. The number of nitrogens with one attached hydrogen (secondary N) is 2. The molecule has 1 aliphatic rings. The van der Waals surface area contributed by atoms with Gasteiger partial charge in [-0.05, 0) is 43.8 Å². The highest BCUT2D eigenvalue weighted by atomic mass is 32.2. The van der Waals surface area contributed by atoms with E-state index in [2.05, 4.69) is 30.5 Å². The van der Waals surface area contributed by atoms with Crippen molar-refractivity contribution in [2.75, 3.05) is 24.2 Å². The van der Waals surface area contributed by atoms with Crippen LogP contribution in [-0.4, -0.2) is 24.7 Å². The predicted octanol–water partition coefficient (Wildman–Crippen LogP) is 3.13. The largest absolute Gasteiger partial charge is 0.325 e. The first-order valence-corrected chi connectivity index (χ1v) is 7.88. The van der Waals surface area contributed by atoms with Gasteiger partial charge in [0.15, 0.2) is 0 Å². The van der Waals surface area contributed by atoms with Gasteiger partial charge in [0.25, 0.3) is 0 Å². The number of para-hydroxylation sites is 1. The molecule has 2 N–H and O–H groups in total. The summed E-state index contributed by atoms with van der Waals surface area (Å²) in [5.41, 5.74) is 0.703. The van der Waals surface area contributed by atoms with Gasteiger partial charge in [-0.1, -0.05) is 26.0 Å². The van der Waals surface area contributed by atoms with E-state index in [0.717, 1.165) is 42.3 Å². The number of carbonyl (C=O) groups excluding carboxylic acids is 1. The van der Waals surface area contributed by atoms with Gasteiger partial charge in [0, 0.05) is 10.3 Å². The average Bonchev–Trinajstić information content (AvgIpc) is 2.42. The van der Waals surface area contributed by atoms with E-state index in [1.807, 2.05) is 18.2 Å². The summed E-state index contributed by atoms with van der Waals surface area (Å²) in [5.74, 6) is 1.16. The summed E-state index contributed by atoms with van der Waals surface area (Å²) in [5, 5.41) is 6.42. The minimum atomic E-state index is -0.241. The Morgan fingerprint density at radius 3 is 2.74 bits per heavy atom. The van der Waals surface area contributed by atoms with Crippen LogP contribution < -0.4 is 10.6 Å². The van der Waals surface area contributed by atoms with Crippen LogP contribution in [0.4, 0.5) is 5.69 Å². The Morgan fingerprint density at radius 1 is 1.37 bits per heavy atom. The van der Waals surface area contributed by atoms with Crippen LogP contribution in [0, 0.1) is 5.41 Å². The van der Waals surface area contributed by atoms with E-state index in [9.17, 15) is 4.79 Å². The molecule has 4 heteroatoms. The lowest BCUT2D eigenvalue weighted by atomic mass is 9.80. The van der Waals surface area contributed by atoms with Crippen molar-refractivity contribution in [2.24, 2.45) is 5.41 Å². The Labute approximate surface area is 119 Å². The van der Waals surface area contributed by atoms with Crippen molar-refractivity contribution < 1.29 is 4.79 Å². The van der Waals surface area contributed by atoms with Gasteiger partial charge in [0.1, 0.15) is 0 Å². The van der Waals surface area contributed by atoms with E-state index in [1.165, 1.54) is 0 Å². The van der Waals surface area contributed by atoms with Gasteiger partial charge >= 0.3 is 0 Å². The zero-order valence-electron chi connectivity index (χ0n) is 11.7. The molecule has 1 amide bonds. The quantitative estimate of drug-likeness (QED) is 0.831. The van der Waals surface area contributed by atoms with Crippen LogP contribution in [0.5, 0.6) is 0 Å². The first kappa shape index (κ1) is 14.4. The summed E-state index contributed by atoms with van der Waals surface area (Å²) in [6.07, 6.45) is 1.81. The Kier molecular flexibility index (Phi) is 4.88. The third-order valence-electron chi connectivity index (χ3n) is 3.69. The molecule has 1 saturated heterocycles. The molecular weight excluding hydrogens is 256 g/mol. The third-order valence-corrected chi connectivity index (χ3v) is 4.65. The minimum absolute atomic E-state index is 0.151. The number of anilines is 1. The summed E-state index contributed by atoms with van der Waals surface area (Å²) in [6.45, 7) is 6.04. The molecule has 0 radical (unpaired) electrons. The third kappa shape index (κ3) is 3.51. The molecule has 104 valence electrons. The van der Waals surface area contributed by atoms with E-state index in [-0.39, 0.29) is 11.3 Å². The molecule has 1 aliphatic heterocycles. The van der Waals surface area contributed by atoms with Crippen molar-refractivity contribution in [3.63, 3.8) is 0 Å². The maximum atomic E-state index is 12.5. The van der Waals surface area contributed by atoms with Crippen LogP contribution in [0.3, 0.4) is 0 Å². The van der Waals surface area contributed by atoms with Crippen LogP contribution in [-0.2, 0) is 4.79 Å². The zero-order chi connectivity index (χ0) is 13.7. The standard InChI is InChI=1S/C15H22N2OS/c1-3-19-13-7-5-4-6-12(13)17-14(18)15(2)8-10-16-11-9-15/h4-7,16H,3,8-11H2,1-2H3,(H,17,18). The van der Waals surface area contributed by atoms with Crippen LogP contribution in [0.2, 0.25) is 0 Å². The van der Waals surface area contributed by atoms with E-state index in [4.69, 9.17) is 0 Å². The topological polar surface area (TPSA) is 41.1 Å². The molecule has 1 heterocycles. The summed E-state index contributed by atoms with van der Waals surface area (Å²) >= 11 is 1.76. The second kappa shape index (κ2) is 6.44. The highest BCUT2D eigenvalue weighted by Gasteiger charge is 2.34. The van der Waals surface area contributed by atoms with Gasteiger partial charge in [-0.3, -0.25) is 4.79 Å². The fraction of sp³-hybridized carbons (Fsp3) is 0.533. The van der Waals surface area contributed by atoms with Crippen molar-refractivity contribution >= 4 is 23.4 Å². The summed E-state index contributed by atoms with van der Waals surface area (Å²) < 4.78 is 0. The van der Waals surface area contributed by atoms with Gasteiger partial charge in [-0.15, -0.1) is 11.8 Å². The molecule has 3 nitrogen and oxygen atoms in total. The van der Waals surface area contributed by atoms with Crippen molar-refractivity contribution in [3.05, 3.63) is 24.3 Å². The van der Waals surface area contributed by atoms with E-state index >= 15 is 0 Å². The van der Waals surface area contributed by atoms with Gasteiger partial charge < -0.3 is 10.6 Å². The number of rotatable bonds is 4. The zero-order valence-corrected chi connectivity index (χ0v) is 12.5. The van der Waals surface area contributed by atoms with Crippen LogP contribution in [0.15, 0.2) is 29.2 Å². The van der Waals surface area contributed by atoms with Crippen molar-refractivity contribution in [1.29, 1.82) is 0 Å². The van der Waals surface area contributed by atoms with Crippen LogP contribution in [0.25, 0.3) is 0 Å². The normalized spacial score (nSPS) is 18.0. The molecule has 0 saturated carbocycles. The van der Waals surface area contributed by atoms with Crippen molar-refractivity contribution in [3.8, 4) is 0 Å². The molecule has 1 fully saturated rings. The fourth-order valence-electron chi connectivity index (χ4n) is 2.33. The van der Waals surface area contributed by atoms with Crippen LogP contribution >= 0.6 is 11.8 Å². The van der Waals surface area contributed by atoms with Gasteiger partial charge in [-0.2, -0.15) is 0 Å². The molecular formula is C15H22N2OS. The number of benzene rings is 1. The van der Waals surface area contributed by atoms with Crippen LogP contribution in [0.1, 0.15) is 26.7 Å². The summed E-state index contributed by atoms with van der Waals surface area (Å²) in [4.78, 5) is 13.6. The molecule has 1 aromatic carbocycles. The molecule has 0 aliphatic carbocycles. The minimum Gasteiger partial charge on any atom is -0.325 e. The monoisotopic (exact) mass is 278 g/mol. The first-order chi connectivity index (χ1) is 9.15. The van der Waals surface area contributed by atoms with E-state index in [1.54, 1.807) is 11.8 Å². The maximum Gasteiger partial charge on any atom is 0.230 e. The second-order valence-electron chi connectivity index (χ2n) is 5.19. The maximum absolute atomic E-state index is 12.5. The Balaban J connectivity index is 2.10. The van der Waals surface area contributed by atoms with E-state index in [0.29, 0.717) is 0 Å².